The molecule has 1 rings (SSSR count). The van der Waals surface area contributed by atoms with Gasteiger partial charge in [-0.25, -0.2) is 0 Å². The van der Waals surface area contributed by atoms with Crippen LogP contribution in [0.1, 0.15) is 19.4 Å². The van der Waals surface area contributed by atoms with Crippen molar-refractivity contribution < 1.29 is 4.79 Å². The third-order valence-electron chi connectivity index (χ3n) is 3.14. The van der Waals surface area contributed by atoms with Crippen molar-refractivity contribution in [2.45, 2.75) is 20.8 Å². The lowest BCUT2D eigenvalue weighted by atomic mass is 9.93. The van der Waals surface area contributed by atoms with Crippen molar-refractivity contribution in [3.05, 3.63) is 28.8 Å². The highest BCUT2D eigenvalue weighted by Gasteiger charge is 2.19. The Bertz CT molecular complexity index is 474. The molecule has 0 radical (unpaired) electrons. The molecule has 112 valence electrons. The van der Waals surface area contributed by atoms with Gasteiger partial charge in [0.2, 0.25) is 5.91 Å². The molecular weight excluding hydrogens is 274 g/mol. The van der Waals surface area contributed by atoms with Gasteiger partial charge in [0.25, 0.3) is 0 Å². The zero-order valence-electron chi connectivity index (χ0n) is 12.7. The summed E-state index contributed by atoms with van der Waals surface area (Å²) in [6, 6.07) is 5.46. The van der Waals surface area contributed by atoms with Crippen LogP contribution in [0.2, 0.25) is 5.02 Å². The van der Waals surface area contributed by atoms with Crippen molar-refractivity contribution in [2.24, 2.45) is 11.1 Å². The number of hydrogen-bond donors (Lipinski definition) is 2. The van der Waals surface area contributed by atoms with Crippen LogP contribution in [0.15, 0.2) is 18.2 Å². The molecule has 3 N–H and O–H groups in total. The van der Waals surface area contributed by atoms with Crippen LogP contribution in [0, 0.1) is 12.3 Å². The van der Waals surface area contributed by atoms with Crippen LogP contribution in [0.4, 0.5) is 5.69 Å². The number of carbonyl (C=O) groups excluding carboxylic acids is 1. The maximum atomic E-state index is 12.0. The molecule has 5 heteroatoms. The SMILES string of the molecule is Cc1ccc(Cl)cc1NC(=O)CN(C)CC(C)(C)CN. The van der Waals surface area contributed by atoms with Crippen LogP contribution in [0.25, 0.3) is 0 Å². The maximum Gasteiger partial charge on any atom is 0.238 e. The van der Waals surface area contributed by atoms with Crippen molar-refractivity contribution in [1.82, 2.24) is 4.90 Å². The Morgan fingerprint density at radius 2 is 2.10 bits per heavy atom. The highest BCUT2D eigenvalue weighted by atomic mass is 35.5. The molecule has 0 saturated heterocycles. The van der Waals surface area contributed by atoms with E-state index in [9.17, 15) is 4.79 Å². The highest BCUT2D eigenvalue weighted by molar-refractivity contribution is 6.31. The average Bonchev–Trinajstić information content (AvgIpc) is 2.33. The van der Waals surface area contributed by atoms with Gasteiger partial charge in [-0.15, -0.1) is 0 Å². The molecular formula is C15H24ClN3O. The number of nitrogens with zero attached hydrogens (tertiary/aromatic N) is 1. The summed E-state index contributed by atoms with van der Waals surface area (Å²) in [5.74, 6) is -0.0503. The smallest absolute Gasteiger partial charge is 0.238 e. The van der Waals surface area contributed by atoms with Crippen LogP contribution in [-0.2, 0) is 4.79 Å². The summed E-state index contributed by atoms with van der Waals surface area (Å²) in [6.45, 7) is 7.80. The monoisotopic (exact) mass is 297 g/mol. The predicted molar refractivity (Wildman–Crippen MR) is 85.2 cm³/mol. The van der Waals surface area contributed by atoms with Crippen molar-refractivity contribution in [1.29, 1.82) is 0 Å². The molecule has 0 aromatic heterocycles. The first-order valence-electron chi connectivity index (χ1n) is 6.68. The lowest BCUT2D eigenvalue weighted by Gasteiger charge is -2.28. The molecule has 0 unspecified atom stereocenters. The molecule has 0 saturated carbocycles. The minimum Gasteiger partial charge on any atom is -0.330 e. The van der Waals surface area contributed by atoms with E-state index in [0.717, 1.165) is 17.8 Å². The van der Waals surface area contributed by atoms with Gasteiger partial charge in [0.15, 0.2) is 0 Å². The van der Waals surface area contributed by atoms with Gasteiger partial charge < -0.3 is 11.1 Å². The summed E-state index contributed by atoms with van der Waals surface area (Å²) in [5.41, 5.74) is 7.46. The number of nitrogens with one attached hydrogen (secondary N) is 1. The zero-order chi connectivity index (χ0) is 15.3. The Hall–Kier alpha value is -1.10. The molecule has 0 aliphatic carbocycles. The first-order chi connectivity index (χ1) is 9.23. The molecule has 0 atom stereocenters. The van der Waals surface area contributed by atoms with E-state index in [1.165, 1.54) is 0 Å². The second-order valence-corrected chi connectivity index (χ2v) is 6.48. The summed E-state index contributed by atoms with van der Waals surface area (Å²) in [6.07, 6.45) is 0. The normalized spacial score (nSPS) is 11.8. The van der Waals surface area contributed by atoms with Gasteiger partial charge in [0, 0.05) is 17.3 Å². The Kier molecular flexibility index (Phi) is 5.99. The number of carbonyl (C=O) groups is 1. The first kappa shape index (κ1) is 17.0. The van der Waals surface area contributed by atoms with Gasteiger partial charge >= 0.3 is 0 Å². The second-order valence-electron chi connectivity index (χ2n) is 6.05. The summed E-state index contributed by atoms with van der Waals surface area (Å²) < 4.78 is 0. The fourth-order valence-electron chi connectivity index (χ4n) is 2.01. The lowest BCUT2D eigenvalue weighted by molar-refractivity contribution is -0.117. The van der Waals surface area contributed by atoms with Gasteiger partial charge in [0.1, 0.15) is 0 Å². The van der Waals surface area contributed by atoms with E-state index in [0.29, 0.717) is 18.1 Å². The fraction of sp³-hybridized carbons (Fsp3) is 0.533. The van der Waals surface area contributed by atoms with Crippen LogP contribution in [-0.4, -0.2) is 37.5 Å². The first-order valence-corrected chi connectivity index (χ1v) is 7.06. The number of rotatable bonds is 6. The van der Waals surface area contributed by atoms with Gasteiger partial charge in [-0.2, -0.15) is 0 Å². The van der Waals surface area contributed by atoms with Crippen LogP contribution >= 0.6 is 11.6 Å². The largest absolute Gasteiger partial charge is 0.330 e. The molecule has 1 aromatic carbocycles. The fourth-order valence-corrected chi connectivity index (χ4v) is 2.19. The third-order valence-corrected chi connectivity index (χ3v) is 3.37. The van der Waals surface area contributed by atoms with Gasteiger partial charge in [-0.05, 0) is 43.6 Å². The van der Waals surface area contributed by atoms with Crippen LogP contribution in [0.5, 0.6) is 0 Å². The molecule has 1 aromatic rings. The van der Waals surface area contributed by atoms with Crippen molar-refractivity contribution >= 4 is 23.2 Å². The van der Waals surface area contributed by atoms with E-state index in [2.05, 4.69) is 19.2 Å². The Balaban J connectivity index is 2.57. The van der Waals surface area contributed by atoms with Crippen LogP contribution in [0.3, 0.4) is 0 Å². The topological polar surface area (TPSA) is 58.4 Å². The molecule has 0 aliphatic heterocycles. The Labute approximate surface area is 126 Å². The standard InChI is InChI=1S/C15H24ClN3O/c1-11-5-6-12(16)7-13(11)18-14(20)8-19(4)10-15(2,3)9-17/h5-7H,8-10,17H2,1-4H3,(H,18,20). The minimum atomic E-state index is -0.0503. The van der Waals surface area contributed by atoms with E-state index in [1.54, 1.807) is 6.07 Å². The number of likely N-dealkylation sites (N-methyl/N-ethyl adjacent to an activating group) is 1. The summed E-state index contributed by atoms with van der Waals surface area (Å²) in [5, 5.41) is 3.50. The van der Waals surface area contributed by atoms with Crippen molar-refractivity contribution in [2.75, 3.05) is 32.0 Å². The maximum absolute atomic E-state index is 12.0. The van der Waals surface area contributed by atoms with E-state index >= 15 is 0 Å². The number of halogens is 1. The van der Waals surface area contributed by atoms with E-state index in [-0.39, 0.29) is 11.3 Å². The summed E-state index contributed by atoms with van der Waals surface area (Å²) >= 11 is 5.94. The highest BCUT2D eigenvalue weighted by Crippen LogP contribution is 2.20. The molecule has 0 spiro atoms. The Morgan fingerprint density at radius 3 is 2.70 bits per heavy atom. The molecule has 20 heavy (non-hydrogen) atoms. The van der Waals surface area contributed by atoms with Crippen LogP contribution < -0.4 is 11.1 Å². The molecule has 4 nitrogen and oxygen atoms in total. The number of nitrogens with two attached hydrogens (primary N) is 1. The summed E-state index contributed by atoms with van der Waals surface area (Å²) in [4.78, 5) is 14.0. The number of amides is 1. The molecule has 0 aliphatic rings. The zero-order valence-corrected chi connectivity index (χ0v) is 13.4. The number of benzene rings is 1. The van der Waals surface area contributed by atoms with Crippen molar-refractivity contribution in [3.8, 4) is 0 Å². The number of aryl methyl sites for hydroxylation is 1. The third kappa shape index (κ3) is 5.49. The average molecular weight is 298 g/mol. The number of hydrogen-bond acceptors (Lipinski definition) is 3. The molecule has 0 fully saturated rings. The quantitative estimate of drug-likeness (QED) is 0.848. The number of anilines is 1. The van der Waals surface area contributed by atoms with Gasteiger partial charge in [-0.3, -0.25) is 9.69 Å². The summed E-state index contributed by atoms with van der Waals surface area (Å²) in [7, 11) is 1.92. The predicted octanol–water partition coefficient (Wildman–Crippen LogP) is 2.50. The lowest BCUT2D eigenvalue weighted by Crippen LogP contribution is -2.40. The minimum absolute atomic E-state index is 0.000994. The molecule has 1 amide bonds. The Morgan fingerprint density at radius 1 is 1.45 bits per heavy atom. The van der Waals surface area contributed by atoms with E-state index in [4.69, 9.17) is 17.3 Å². The van der Waals surface area contributed by atoms with Gasteiger partial charge in [0.05, 0.1) is 6.54 Å². The second kappa shape index (κ2) is 7.07. The van der Waals surface area contributed by atoms with E-state index in [1.807, 2.05) is 31.0 Å². The molecule has 0 heterocycles. The van der Waals surface area contributed by atoms with E-state index < -0.39 is 0 Å². The molecule has 0 bridgehead atoms. The van der Waals surface area contributed by atoms with Gasteiger partial charge in [-0.1, -0.05) is 31.5 Å². The van der Waals surface area contributed by atoms with Crippen molar-refractivity contribution in [3.63, 3.8) is 0 Å².